The van der Waals surface area contributed by atoms with Gasteiger partial charge in [-0.3, -0.25) is 0 Å². The average Bonchev–Trinajstić information content (AvgIpc) is 2.46. The van der Waals surface area contributed by atoms with Crippen LogP contribution in [0.3, 0.4) is 0 Å². The summed E-state index contributed by atoms with van der Waals surface area (Å²) in [6, 6.07) is 5.92. The largest absolute Gasteiger partial charge is 0.478 e. The van der Waals surface area contributed by atoms with Gasteiger partial charge in [0.05, 0.1) is 10.7 Å². The summed E-state index contributed by atoms with van der Waals surface area (Å²) in [4.78, 5) is 13.8. The SMILES string of the molecule is O=C(O)c1c(Cl)cccc1N1CCC[C@H]2CCCC[C@H]21. The van der Waals surface area contributed by atoms with E-state index < -0.39 is 5.97 Å². The van der Waals surface area contributed by atoms with Crippen molar-refractivity contribution in [3.63, 3.8) is 0 Å². The highest BCUT2D eigenvalue weighted by Gasteiger charge is 2.35. The highest BCUT2D eigenvalue weighted by Crippen LogP contribution is 2.39. The Kier molecular flexibility index (Phi) is 3.88. The first kappa shape index (κ1) is 13.7. The Hall–Kier alpha value is -1.22. The van der Waals surface area contributed by atoms with Crippen LogP contribution in [0.4, 0.5) is 5.69 Å². The van der Waals surface area contributed by atoms with Crippen molar-refractivity contribution in [2.24, 2.45) is 5.92 Å². The van der Waals surface area contributed by atoms with E-state index in [1.54, 1.807) is 6.07 Å². The van der Waals surface area contributed by atoms with Crippen LogP contribution in [0.25, 0.3) is 0 Å². The molecule has 1 aliphatic heterocycles. The van der Waals surface area contributed by atoms with Gasteiger partial charge in [0.1, 0.15) is 5.56 Å². The van der Waals surface area contributed by atoms with Crippen LogP contribution in [-0.4, -0.2) is 23.7 Å². The summed E-state index contributed by atoms with van der Waals surface area (Å²) in [6.07, 6.45) is 7.45. The maximum atomic E-state index is 11.5. The zero-order valence-corrected chi connectivity index (χ0v) is 12.3. The van der Waals surface area contributed by atoms with Crippen LogP contribution in [0.5, 0.6) is 0 Å². The van der Waals surface area contributed by atoms with E-state index in [9.17, 15) is 9.90 Å². The second-order valence-electron chi connectivity index (χ2n) is 5.89. The summed E-state index contributed by atoms with van der Waals surface area (Å²) < 4.78 is 0. The molecule has 0 unspecified atom stereocenters. The van der Waals surface area contributed by atoms with Gasteiger partial charge in [-0.25, -0.2) is 4.79 Å². The number of halogens is 1. The number of aromatic carboxylic acids is 1. The van der Waals surface area contributed by atoms with Crippen molar-refractivity contribution in [3.05, 3.63) is 28.8 Å². The average molecular weight is 294 g/mol. The topological polar surface area (TPSA) is 40.5 Å². The summed E-state index contributed by atoms with van der Waals surface area (Å²) >= 11 is 6.11. The predicted octanol–water partition coefficient (Wildman–Crippen LogP) is 4.20. The molecule has 1 saturated carbocycles. The van der Waals surface area contributed by atoms with E-state index in [2.05, 4.69) is 4.90 Å². The van der Waals surface area contributed by atoms with E-state index in [4.69, 9.17) is 11.6 Å². The number of carboxylic acids is 1. The Morgan fingerprint density at radius 2 is 1.95 bits per heavy atom. The molecular formula is C16H20ClNO2. The Balaban J connectivity index is 1.99. The zero-order chi connectivity index (χ0) is 14.1. The minimum absolute atomic E-state index is 0.264. The minimum Gasteiger partial charge on any atom is -0.478 e. The van der Waals surface area contributed by atoms with Gasteiger partial charge in [-0.1, -0.05) is 30.5 Å². The fourth-order valence-corrected chi connectivity index (χ4v) is 4.14. The van der Waals surface area contributed by atoms with Crippen LogP contribution in [0.15, 0.2) is 18.2 Å². The van der Waals surface area contributed by atoms with Gasteiger partial charge in [0.2, 0.25) is 0 Å². The van der Waals surface area contributed by atoms with Crippen molar-refractivity contribution in [3.8, 4) is 0 Å². The number of rotatable bonds is 2. The maximum absolute atomic E-state index is 11.5. The molecule has 2 aliphatic rings. The molecule has 0 bridgehead atoms. The van der Waals surface area contributed by atoms with Crippen LogP contribution >= 0.6 is 11.6 Å². The van der Waals surface area contributed by atoms with Gasteiger partial charge in [-0.15, -0.1) is 0 Å². The van der Waals surface area contributed by atoms with Crippen molar-refractivity contribution in [1.29, 1.82) is 0 Å². The summed E-state index contributed by atoms with van der Waals surface area (Å²) in [7, 11) is 0. The summed E-state index contributed by atoms with van der Waals surface area (Å²) in [5.74, 6) is -0.207. The molecule has 20 heavy (non-hydrogen) atoms. The van der Waals surface area contributed by atoms with Gasteiger partial charge >= 0.3 is 5.97 Å². The van der Waals surface area contributed by atoms with Crippen LogP contribution < -0.4 is 4.90 Å². The molecule has 0 amide bonds. The Morgan fingerprint density at radius 3 is 2.75 bits per heavy atom. The van der Waals surface area contributed by atoms with Crippen molar-refractivity contribution < 1.29 is 9.90 Å². The van der Waals surface area contributed by atoms with E-state index in [0.29, 0.717) is 11.1 Å². The second kappa shape index (κ2) is 5.65. The third-order valence-corrected chi connectivity index (χ3v) is 5.07. The lowest BCUT2D eigenvalue weighted by molar-refractivity contribution is 0.0697. The number of anilines is 1. The first-order valence-corrected chi connectivity index (χ1v) is 7.84. The van der Waals surface area contributed by atoms with Gasteiger partial charge in [0.25, 0.3) is 0 Å². The first-order valence-electron chi connectivity index (χ1n) is 7.47. The molecule has 4 heteroatoms. The molecule has 0 spiro atoms. The van der Waals surface area contributed by atoms with Crippen molar-refractivity contribution in [1.82, 2.24) is 0 Å². The van der Waals surface area contributed by atoms with Crippen molar-refractivity contribution in [2.45, 2.75) is 44.6 Å². The minimum atomic E-state index is -0.927. The number of hydrogen-bond donors (Lipinski definition) is 1. The third-order valence-electron chi connectivity index (χ3n) is 4.76. The quantitative estimate of drug-likeness (QED) is 0.888. The smallest absolute Gasteiger partial charge is 0.339 e. The molecule has 108 valence electrons. The van der Waals surface area contributed by atoms with Crippen molar-refractivity contribution in [2.75, 3.05) is 11.4 Å². The van der Waals surface area contributed by atoms with Gasteiger partial charge in [-0.05, 0) is 43.7 Å². The molecule has 0 aromatic heterocycles. The molecule has 1 aromatic carbocycles. The van der Waals surface area contributed by atoms with Crippen LogP contribution in [0.1, 0.15) is 48.9 Å². The monoisotopic (exact) mass is 293 g/mol. The number of nitrogens with zero attached hydrogens (tertiary/aromatic N) is 1. The molecule has 2 fully saturated rings. The third kappa shape index (κ3) is 2.39. The molecule has 1 N–H and O–H groups in total. The predicted molar refractivity (Wildman–Crippen MR) is 80.7 cm³/mol. The van der Waals surface area contributed by atoms with E-state index >= 15 is 0 Å². The lowest BCUT2D eigenvalue weighted by atomic mass is 9.78. The Morgan fingerprint density at radius 1 is 1.20 bits per heavy atom. The molecule has 1 aromatic rings. The van der Waals surface area contributed by atoms with E-state index in [-0.39, 0.29) is 5.56 Å². The molecule has 2 atom stereocenters. The number of piperidine rings is 1. The van der Waals surface area contributed by atoms with E-state index in [0.717, 1.165) is 24.6 Å². The van der Waals surface area contributed by atoms with Gasteiger partial charge in [-0.2, -0.15) is 0 Å². The molecule has 3 nitrogen and oxygen atoms in total. The molecule has 1 aliphatic carbocycles. The number of carboxylic acid groups (broad SMARTS) is 1. The van der Waals surface area contributed by atoms with E-state index in [1.165, 1.54) is 32.1 Å². The Labute approximate surface area is 124 Å². The van der Waals surface area contributed by atoms with Crippen LogP contribution in [-0.2, 0) is 0 Å². The standard InChI is InChI=1S/C16H20ClNO2/c17-12-7-3-9-14(15(12)16(19)20)18-10-4-6-11-5-1-2-8-13(11)18/h3,7,9,11,13H,1-2,4-6,8,10H2,(H,19,20)/t11-,13-/m1/s1. The Bertz CT molecular complexity index is 515. The van der Waals surface area contributed by atoms with Gasteiger partial charge in [0.15, 0.2) is 0 Å². The van der Waals surface area contributed by atoms with Gasteiger partial charge in [0, 0.05) is 12.6 Å². The molecule has 0 radical (unpaired) electrons. The summed E-state index contributed by atoms with van der Waals surface area (Å²) in [6.45, 7) is 0.946. The van der Waals surface area contributed by atoms with Crippen molar-refractivity contribution >= 4 is 23.3 Å². The zero-order valence-electron chi connectivity index (χ0n) is 11.5. The lowest BCUT2D eigenvalue weighted by Crippen LogP contribution is -2.47. The fourth-order valence-electron chi connectivity index (χ4n) is 3.89. The first-order chi connectivity index (χ1) is 9.68. The molecular weight excluding hydrogens is 274 g/mol. The lowest BCUT2D eigenvalue weighted by Gasteiger charge is -2.45. The highest BCUT2D eigenvalue weighted by molar-refractivity contribution is 6.34. The number of benzene rings is 1. The van der Waals surface area contributed by atoms with Crippen LogP contribution in [0, 0.1) is 5.92 Å². The second-order valence-corrected chi connectivity index (χ2v) is 6.29. The van der Waals surface area contributed by atoms with E-state index in [1.807, 2.05) is 12.1 Å². The number of carbonyl (C=O) groups is 1. The summed E-state index contributed by atoms with van der Waals surface area (Å²) in [5.41, 5.74) is 1.07. The van der Waals surface area contributed by atoms with Crippen LogP contribution in [0.2, 0.25) is 5.02 Å². The summed E-state index contributed by atoms with van der Waals surface area (Å²) in [5, 5.41) is 9.80. The molecule has 1 heterocycles. The fraction of sp³-hybridized carbons (Fsp3) is 0.562. The highest BCUT2D eigenvalue weighted by atomic mass is 35.5. The normalized spacial score (nSPS) is 26.1. The number of fused-ring (bicyclic) bond motifs is 1. The number of hydrogen-bond acceptors (Lipinski definition) is 2. The maximum Gasteiger partial charge on any atom is 0.339 e. The molecule has 3 rings (SSSR count). The molecule has 1 saturated heterocycles. The van der Waals surface area contributed by atoms with Gasteiger partial charge < -0.3 is 10.0 Å².